The molecule has 0 radical (unpaired) electrons. The smallest absolute Gasteiger partial charge is 0.272 e. The Morgan fingerprint density at radius 1 is 1.00 bits per heavy atom. The number of H-pyrrole nitrogens is 2. The van der Waals surface area contributed by atoms with E-state index in [4.69, 9.17) is 0 Å². The average molecular weight is 418 g/mol. The molecule has 0 unspecified atom stereocenters. The Labute approximate surface area is 166 Å². The first-order chi connectivity index (χ1) is 14.2. The molecule has 6 nitrogen and oxygen atoms in total. The fraction of sp³-hybridized carbons (Fsp3) is 0.150. The number of hydrogen-bond donors (Lipinski definition) is 2. The molecule has 0 bridgehead atoms. The number of nitrogens with one attached hydrogen (secondary N) is 2. The maximum absolute atomic E-state index is 14.0. The average Bonchev–Trinajstić information content (AvgIpc) is 3.16. The van der Waals surface area contributed by atoms with Gasteiger partial charge in [-0.2, -0.15) is 5.10 Å². The van der Waals surface area contributed by atoms with Gasteiger partial charge in [0.1, 0.15) is 5.69 Å². The number of carbonyl (C=O) groups is 1. The molecule has 0 aliphatic rings. The van der Waals surface area contributed by atoms with Crippen LogP contribution in [0, 0.1) is 23.3 Å². The van der Waals surface area contributed by atoms with Crippen LogP contribution in [-0.4, -0.2) is 33.0 Å². The topological polar surface area (TPSA) is 81.8 Å². The van der Waals surface area contributed by atoms with E-state index >= 15 is 0 Å². The predicted octanol–water partition coefficient (Wildman–Crippen LogP) is 3.79. The first kappa shape index (κ1) is 19.6. The van der Waals surface area contributed by atoms with Crippen LogP contribution in [0.2, 0.25) is 0 Å². The second-order valence-corrected chi connectivity index (χ2v) is 6.85. The minimum absolute atomic E-state index is 0.00481. The van der Waals surface area contributed by atoms with Gasteiger partial charge in [0.25, 0.3) is 11.5 Å². The van der Waals surface area contributed by atoms with Crippen LogP contribution in [0.1, 0.15) is 29.1 Å². The summed E-state index contributed by atoms with van der Waals surface area (Å²) in [6.07, 6.45) is 0. The van der Waals surface area contributed by atoms with E-state index in [2.05, 4.69) is 15.2 Å². The van der Waals surface area contributed by atoms with Gasteiger partial charge in [-0.05, 0) is 37.3 Å². The van der Waals surface area contributed by atoms with E-state index in [1.54, 1.807) is 6.92 Å². The third-order valence-corrected chi connectivity index (χ3v) is 5.08. The van der Waals surface area contributed by atoms with Crippen molar-refractivity contribution >= 4 is 27.6 Å². The minimum atomic E-state index is -1.19. The van der Waals surface area contributed by atoms with Crippen molar-refractivity contribution in [3.63, 3.8) is 0 Å². The Balaban J connectivity index is 1.75. The zero-order valence-electron chi connectivity index (χ0n) is 15.7. The summed E-state index contributed by atoms with van der Waals surface area (Å²) in [4.78, 5) is 28.8. The summed E-state index contributed by atoms with van der Waals surface area (Å²) in [5, 5.41) is 5.97. The highest BCUT2D eigenvalue weighted by atomic mass is 19.2. The van der Waals surface area contributed by atoms with Gasteiger partial charge in [-0.15, -0.1) is 0 Å². The summed E-state index contributed by atoms with van der Waals surface area (Å²) >= 11 is 0. The lowest BCUT2D eigenvalue weighted by Crippen LogP contribution is -2.31. The monoisotopic (exact) mass is 418 g/mol. The Morgan fingerprint density at radius 2 is 1.67 bits per heavy atom. The van der Waals surface area contributed by atoms with Crippen LogP contribution < -0.4 is 5.56 Å². The molecule has 2 aromatic carbocycles. The molecule has 0 aliphatic carbocycles. The van der Waals surface area contributed by atoms with Crippen molar-refractivity contribution in [2.45, 2.75) is 13.0 Å². The Hall–Kier alpha value is -3.69. The molecule has 30 heavy (non-hydrogen) atoms. The Bertz CT molecular complexity index is 1380. The summed E-state index contributed by atoms with van der Waals surface area (Å²) in [5.41, 5.74) is -0.340. The highest BCUT2D eigenvalue weighted by molar-refractivity contribution is 5.98. The van der Waals surface area contributed by atoms with Crippen molar-refractivity contribution in [2.24, 2.45) is 0 Å². The predicted molar refractivity (Wildman–Crippen MR) is 101 cm³/mol. The van der Waals surface area contributed by atoms with Gasteiger partial charge in [-0.3, -0.25) is 9.59 Å². The Morgan fingerprint density at radius 3 is 2.37 bits per heavy atom. The summed E-state index contributed by atoms with van der Waals surface area (Å²) in [7, 11) is 1.42. The fourth-order valence-corrected chi connectivity index (χ4v) is 3.30. The lowest BCUT2D eigenvalue weighted by molar-refractivity contribution is 0.0735. The van der Waals surface area contributed by atoms with Crippen LogP contribution in [0.25, 0.3) is 21.7 Å². The molecule has 0 fully saturated rings. The molecule has 2 heterocycles. The standard InChI is InChI=1S/C20H14F4N4O2/c1-8(18-9-5-13(22)14(23)6-10(9)19(29)27-26-18)28(2)20(30)16-7-11-15(25-16)4-3-12(21)17(11)24/h3-8,25H,1-2H3,(H,27,29)/t8-/m1/s1. The van der Waals surface area contributed by atoms with E-state index in [-0.39, 0.29) is 33.1 Å². The van der Waals surface area contributed by atoms with E-state index in [0.29, 0.717) is 0 Å². The minimum Gasteiger partial charge on any atom is -0.350 e. The van der Waals surface area contributed by atoms with E-state index in [1.165, 1.54) is 24.1 Å². The second-order valence-electron chi connectivity index (χ2n) is 6.85. The van der Waals surface area contributed by atoms with Gasteiger partial charge in [-0.25, -0.2) is 22.7 Å². The van der Waals surface area contributed by atoms with Crippen molar-refractivity contribution in [1.82, 2.24) is 20.1 Å². The number of aromatic amines is 2. The number of halogens is 4. The molecule has 0 spiro atoms. The number of nitrogens with zero attached hydrogens (tertiary/aromatic N) is 2. The first-order valence-corrected chi connectivity index (χ1v) is 8.80. The largest absolute Gasteiger partial charge is 0.350 e. The maximum Gasteiger partial charge on any atom is 0.272 e. The number of benzene rings is 2. The zero-order valence-corrected chi connectivity index (χ0v) is 15.7. The van der Waals surface area contributed by atoms with Gasteiger partial charge in [0.2, 0.25) is 0 Å². The summed E-state index contributed by atoms with van der Waals surface area (Å²) < 4.78 is 54.7. The molecular weight excluding hydrogens is 404 g/mol. The van der Waals surface area contributed by atoms with Crippen molar-refractivity contribution < 1.29 is 22.4 Å². The molecule has 4 aromatic rings. The molecular formula is C20H14F4N4O2. The molecule has 10 heteroatoms. The van der Waals surface area contributed by atoms with Crippen molar-refractivity contribution in [3.8, 4) is 0 Å². The molecule has 4 rings (SSSR count). The van der Waals surface area contributed by atoms with Gasteiger partial charge in [0.05, 0.1) is 17.1 Å². The highest BCUT2D eigenvalue weighted by Crippen LogP contribution is 2.27. The molecule has 0 saturated heterocycles. The molecule has 154 valence electrons. The number of fused-ring (bicyclic) bond motifs is 2. The van der Waals surface area contributed by atoms with Gasteiger partial charge in [0, 0.05) is 23.3 Å². The first-order valence-electron chi connectivity index (χ1n) is 8.80. The second kappa shape index (κ2) is 6.97. The third kappa shape index (κ3) is 3.00. The van der Waals surface area contributed by atoms with Crippen molar-refractivity contribution in [2.75, 3.05) is 7.05 Å². The number of rotatable bonds is 3. The van der Waals surface area contributed by atoms with Crippen LogP contribution in [0.15, 0.2) is 35.1 Å². The van der Waals surface area contributed by atoms with E-state index in [0.717, 1.165) is 18.2 Å². The maximum atomic E-state index is 14.0. The summed E-state index contributed by atoms with van der Waals surface area (Å²) in [6, 6.07) is 4.26. The fourth-order valence-electron chi connectivity index (χ4n) is 3.30. The van der Waals surface area contributed by atoms with Crippen LogP contribution in [0.5, 0.6) is 0 Å². The van der Waals surface area contributed by atoms with Crippen LogP contribution in [-0.2, 0) is 0 Å². The number of carbonyl (C=O) groups excluding carboxylic acids is 1. The molecule has 2 N–H and O–H groups in total. The molecule has 2 aromatic heterocycles. The summed E-state index contributed by atoms with van der Waals surface area (Å²) in [5.74, 6) is -5.05. The zero-order chi connectivity index (χ0) is 21.7. The third-order valence-electron chi connectivity index (χ3n) is 5.08. The normalized spacial score (nSPS) is 12.5. The van der Waals surface area contributed by atoms with Crippen molar-refractivity contribution in [3.05, 3.63) is 75.3 Å². The molecule has 0 saturated carbocycles. The van der Waals surface area contributed by atoms with Gasteiger partial charge in [0.15, 0.2) is 23.3 Å². The van der Waals surface area contributed by atoms with E-state index in [1.807, 2.05) is 0 Å². The van der Waals surface area contributed by atoms with Gasteiger partial charge >= 0.3 is 0 Å². The van der Waals surface area contributed by atoms with Gasteiger partial charge < -0.3 is 9.88 Å². The van der Waals surface area contributed by atoms with Crippen molar-refractivity contribution in [1.29, 1.82) is 0 Å². The quantitative estimate of drug-likeness (QED) is 0.497. The Kier molecular flexibility index (Phi) is 4.56. The number of aromatic nitrogens is 3. The SMILES string of the molecule is C[C@H](c1n[nH]c(=O)c2cc(F)c(F)cc12)N(C)C(=O)c1cc2c(F)c(F)ccc2[nH]1. The summed E-state index contributed by atoms with van der Waals surface area (Å²) in [6.45, 7) is 1.57. The lowest BCUT2D eigenvalue weighted by Gasteiger charge is -2.24. The molecule has 1 atom stereocenters. The van der Waals surface area contributed by atoms with Gasteiger partial charge in [-0.1, -0.05) is 0 Å². The highest BCUT2D eigenvalue weighted by Gasteiger charge is 2.25. The number of hydrogen-bond acceptors (Lipinski definition) is 3. The number of amides is 1. The lowest BCUT2D eigenvalue weighted by atomic mass is 10.1. The van der Waals surface area contributed by atoms with Crippen LogP contribution in [0.4, 0.5) is 17.6 Å². The van der Waals surface area contributed by atoms with E-state index in [9.17, 15) is 27.2 Å². The molecule has 1 amide bonds. The van der Waals surface area contributed by atoms with Crippen LogP contribution in [0.3, 0.4) is 0 Å². The van der Waals surface area contributed by atoms with Crippen LogP contribution >= 0.6 is 0 Å². The van der Waals surface area contributed by atoms with E-state index < -0.39 is 40.8 Å². The molecule has 0 aliphatic heterocycles.